The summed E-state index contributed by atoms with van der Waals surface area (Å²) in [6.07, 6.45) is 3.05. The molecule has 18 heavy (non-hydrogen) atoms. The van der Waals surface area contributed by atoms with E-state index >= 15 is 0 Å². The second-order valence-electron chi connectivity index (χ2n) is 4.01. The first-order valence-electron chi connectivity index (χ1n) is 5.73. The predicted octanol–water partition coefficient (Wildman–Crippen LogP) is 2.09. The van der Waals surface area contributed by atoms with Crippen molar-refractivity contribution in [2.24, 2.45) is 0 Å². The summed E-state index contributed by atoms with van der Waals surface area (Å²) in [5.74, 6) is 0.00833. The Morgan fingerprint density at radius 1 is 1.50 bits per heavy atom. The van der Waals surface area contributed by atoms with E-state index in [4.69, 9.17) is 0 Å². The summed E-state index contributed by atoms with van der Waals surface area (Å²) >= 11 is 0. The molecule has 0 aliphatic rings. The van der Waals surface area contributed by atoms with Crippen molar-refractivity contribution in [2.45, 2.75) is 13.8 Å². The van der Waals surface area contributed by atoms with Gasteiger partial charge in [-0.1, -0.05) is 6.07 Å². The van der Waals surface area contributed by atoms with Gasteiger partial charge in [0, 0.05) is 18.8 Å². The standard InChI is InChI=1S/C13H15N3O2/c1-3-16(13(18)10-7-14-15-8-10)12-6-11(17)5-4-9(12)2/h4-8,17H,3H2,1-2H3,(H,14,15). The van der Waals surface area contributed by atoms with E-state index in [9.17, 15) is 9.90 Å². The van der Waals surface area contributed by atoms with Crippen molar-refractivity contribution < 1.29 is 9.90 Å². The topological polar surface area (TPSA) is 69.2 Å². The molecular formula is C13H15N3O2. The van der Waals surface area contributed by atoms with Crippen molar-refractivity contribution in [1.82, 2.24) is 10.2 Å². The summed E-state index contributed by atoms with van der Waals surface area (Å²) in [7, 11) is 0. The molecule has 2 rings (SSSR count). The summed E-state index contributed by atoms with van der Waals surface area (Å²) in [4.78, 5) is 13.9. The van der Waals surface area contributed by atoms with Crippen LogP contribution in [0.25, 0.3) is 0 Å². The van der Waals surface area contributed by atoms with E-state index in [-0.39, 0.29) is 11.7 Å². The highest BCUT2D eigenvalue weighted by atomic mass is 16.3. The van der Waals surface area contributed by atoms with Gasteiger partial charge in [0.2, 0.25) is 0 Å². The summed E-state index contributed by atoms with van der Waals surface area (Å²) < 4.78 is 0. The van der Waals surface area contributed by atoms with Crippen molar-refractivity contribution >= 4 is 11.6 Å². The third-order valence-corrected chi connectivity index (χ3v) is 2.79. The van der Waals surface area contributed by atoms with E-state index in [0.717, 1.165) is 5.56 Å². The number of benzene rings is 1. The first-order chi connectivity index (χ1) is 8.63. The van der Waals surface area contributed by atoms with Gasteiger partial charge in [-0.15, -0.1) is 0 Å². The number of amides is 1. The van der Waals surface area contributed by atoms with Crippen molar-refractivity contribution in [1.29, 1.82) is 0 Å². The monoisotopic (exact) mass is 245 g/mol. The number of aromatic hydroxyl groups is 1. The molecule has 0 fully saturated rings. The predicted molar refractivity (Wildman–Crippen MR) is 68.8 cm³/mol. The van der Waals surface area contributed by atoms with E-state index < -0.39 is 0 Å². The Labute approximate surface area is 105 Å². The van der Waals surface area contributed by atoms with Crippen LogP contribution in [0.1, 0.15) is 22.8 Å². The van der Waals surface area contributed by atoms with Crippen LogP contribution >= 0.6 is 0 Å². The Morgan fingerprint density at radius 3 is 2.89 bits per heavy atom. The van der Waals surface area contributed by atoms with Crippen LogP contribution < -0.4 is 4.90 Å². The molecule has 1 aromatic heterocycles. The number of aryl methyl sites for hydroxylation is 1. The molecular weight excluding hydrogens is 230 g/mol. The minimum Gasteiger partial charge on any atom is -0.508 e. The molecule has 1 aromatic carbocycles. The molecule has 0 aliphatic carbocycles. The number of rotatable bonds is 3. The van der Waals surface area contributed by atoms with Gasteiger partial charge in [-0.25, -0.2) is 0 Å². The normalized spacial score (nSPS) is 10.3. The summed E-state index contributed by atoms with van der Waals surface area (Å²) in [6, 6.07) is 4.99. The number of nitrogens with one attached hydrogen (secondary N) is 1. The summed E-state index contributed by atoms with van der Waals surface area (Å²) in [5, 5.41) is 15.9. The maximum absolute atomic E-state index is 12.3. The maximum Gasteiger partial charge on any atom is 0.261 e. The Morgan fingerprint density at radius 2 is 2.28 bits per heavy atom. The number of phenols is 1. The van der Waals surface area contributed by atoms with E-state index in [1.165, 1.54) is 6.20 Å². The Hall–Kier alpha value is -2.30. The fourth-order valence-corrected chi connectivity index (χ4v) is 1.84. The molecule has 0 bridgehead atoms. The number of anilines is 1. The van der Waals surface area contributed by atoms with Gasteiger partial charge in [0.05, 0.1) is 17.4 Å². The average molecular weight is 245 g/mol. The maximum atomic E-state index is 12.3. The molecule has 1 heterocycles. The highest BCUT2D eigenvalue weighted by Crippen LogP contribution is 2.26. The fraction of sp³-hybridized carbons (Fsp3) is 0.231. The van der Waals surface area contributed by atoms with Crippen LogP contribution in [0.15, 0.2) is 30.6 Å². The first-order valence-corrected chi connectivity index (χ1v) is 5.73. The molecule has 0 saturated heterocycles. The van der Waals surface area contributed by atoms with Crippen LogP contribution in [0.5, 0.6) is 5.75 Å². The SMILES string of the molecule is CCN(C(=O)c1cn[nH]c1)c1cc(O)ccc1C. The van der Waals surface area contributed by atoms with Crippen molar-refractivity contribution in [3.8, 4) is 5.75 Å². The van der Waals surface area contributed by atoms with Crippen LogP contribution in [0, 0.1) is 6.92 Å². The Kier molecular flexibility index (Phi) is 3.32. The molecule has 0 atom stereocenters. The van der Waals surface area contributed by atoms with E-state index in [1.54, 1.807) is 29.3 Å². The van der Waals surface area contributed by atoms with E-state index in [2.05, 4.69) is 10.2 Å². The van der Waals surface area contributed by atoms with Crippen molar-refractivity contribution in [2.75, 3.05) is 11.4 Å². The number of phenolic OH excluding ortho intramolecular Hbond substituents is 1. The number of hydrogen-bond acceptors (Lipinski definition) is 3. The fourth-order valence-electron chi connectivity index (χ4n) is 1.84. The van der Waals surface area contributed by atoms with Gasteiger partial charge in [-0.05, 0) is 25.5 Å². The van der Waals surface area contributed by atoms with Crippen LogP contribution in [0.2, 0.25) is 0 Å². The van der Waals surface area contributed by atoms with Crippen LogP contribution in [0.4, 0.5) is 5.69 Å². The van der Waals surface area contributed by atoms with Gasteiger partial charge in [0.1, 0.15) is 5.75 Å². The van der Waals surface area contributed by atoms with Gasteiger partial charge < -0.3 is 10.0 Å². The lowest BCUT2D eigenvalue weighted by Crippen LogP contribution is -2.30. The third-order valence-electron chi connectivity index (χ3n) is 2.79. The molecule has 2 N–H and O–H groups in total. The molecule has 0 unspecified atom stereocenters. The molecule has 1 amide bonds. The van der Waals surface area contributed by atoms with Gasteiger partial charge >= 0.3 is 0 Å². The highest BCUT2D eigenvalue weighted by Gasteiger charge is 2.18. The lowest BCUT2D eigenvalue weighted by molar-refractivity contribution is 0.0988. The minimum atomic E-state index is -0.139. The third kappa shape index (κ3) is 2.20. The van der Waals surface area contributed by atoms with Gasteiger partial charge in [0.15, 0.2) is 0 Å². The molecule has 0 saturated carbocycles. The molecule has 5 nitrogen and oxygen atoms in total. The van der Waals surface area contributed by atoms with Crippen LogP contribution in [-0.2, 0) is 0 Å². The minimum absolute atomic E-state index is 0.139. The number of H-pyrrole nitrogens is 1. The van der Waals surface area contributed by atoms with Gasteiger partial charge in [-0.3, -0.25) is 9.89 Å². The zero-order valence-corrected chi connectivity index (χ0v) is 10.3. The number of hydrogen-bond donors (Lipinski definition) is 2. The lowest BCUT2D eigenvalue weighted by atomic mass is 10.1. The number of aromatic nitrogens is 2. The number of carbonyl (C=O) groups excluding carboxylic acids is 1. The second-order valence-corrected chi connectivity index (χ2v) is 4.01. The number of carbonyl (C=O) groups is 1. The quantitative estimate of drug-likeness (QED) is 0.870. The Balaban J connectivity index is 2.39. The highest BCUT2D eigenvalue weighted by molar-refractivity contribution is 6.06. The molecule has 94 valence electrons. The van der Waals surface area contributed by atoms with Crippen LogP contribution in [-0.4, -0.2) is 27.8 Å². The van der Waals surface area contributed by atoms with E-state index in [0.29, 0.717) is 17.8 Å². The summed E-state index contributed by atoms with van der Waals surface area (Å²) in [6.45, 7) is 4.32. The Bertz CT molecular complexity index is 549. The average Bonchev–Trinajstić information content (AvgIpc) is 2.88. The second kappa shape index (κ2) is 4.91. The van der Waals surface area contributed by atoms with Crippen molar-refractivity contribution in [3.63, 3.8) is 0 Å². The molecule has 0 aliphatic heterocycles. The number of aromatic amines is 1. The van der Waals surface area contributed by atoms with Crippen molar-refractivity contribution in [3.05, 3.63) is 41.7 Å². The largest absolute Gasteiger partial charge is 0.508 e. The molecule has 2 aromatic rings. The smallest absolute Gasteiger partial charge is 0.261 e. The van der Waals surface area contributed by atoms with Gasteiger partial charge in [-0.2, -0.15) is 5.10 Å². The van der Waals surface area contributed by atoms with E-state index in [1.807, 2.05) is 13.8 Å². The van der Waals surface area contributed by atoms with Gasteiger partial charge in [0.25, 0.3) is 5.91 Å². The molecule has 0 spiro atoms. The number of nitrogens with zero attached hydrogens (tertiary/aromatic N) is 2. The van der Waals surface area contributed by atoms with Crippen LogP contribution in [0.3, 0.4) is 0 Å². The first kappa shape index (κ1) is 12.2. The molecule has 5 heteroatoms. The summed E-state index contributed by atoms with van der Waals surface area (Å²) in [5.41, 5.74) is 2.15. The zero-order chi connectivity index (χ0) is 13.1. The molecule has 0 radical (unpaired) electrons. The lowest BCUT2D eigenvalue weighted by Gasteiger charge is -2.22. The zero-order valence-electron chi connectivity index (χ0n) is 10.3.